The summed E-state index contributed by atoms with van der Waals surface area (Å²) >= 11 is 0. The van der Waals surface area contributed by atoms with Crippen LogP contribution in [0.25, 0.3) is 5.69 Å². The van der Waals surface area contributed by atoms with Crippen LogP contribution in [-0.4, -0.2) is 27.5 Å². The smallest absolute Gasteiger partial charge is 0.123 e. The summed E-state index contributed by atoms with van der Waals surface area (Å²) in [5.41, 5.74) is 1.85. The first-order valence-corrected chi connectivity index (χ1v) is 6.87. The Hall–Kier alpha value is -1.72. The number of nitrogens with one attached hydrogen (secondary N) is 1. The largest absolute Gasteiger partial charge is 0.392 e. The fraction of sp³-hybridized carbons (Fsp3) is 0.400. The molecule has 0 saturated heterocycles. The molecule has 1 atom stereocenters. The molecule has 1 heterocycles. The Labute approximate surface area is 118 Å². The number of nitrogens with zero attached hydrogens (tertiary/aromatic N) is 2. The number of benzene rings is 1. The zero-order chi connectivity index (χ0) is 14.4. The first-order valence-electron chi connectivity index (χ1n) is 6.87. The van der Waals surface area contributed by atoms with E-state index in [9.17, 15) is 9.50 Å². The van der Waals surface area contributed by atoms with Crippen LogP contribution >= 0.6 is 0 Å². The van der Waals surface area contributed by atoms with Gasteiger partial charge >= 0.3 is 0 Å². The molecular weight excluding hydrogens is 257 g/mol. The van der Waals surface area contributed by atoms with E-state index < -0.39 is 0 Å². The van der Waals surface area contributed by atoms with Gasteiger partial charge in [-0.3, -0.25) is 0 Å². The summed E-state index contributed by atoms with van der Waals surface area (Å²) in [5.74, 6) is -0.257. The van der Waals surface area contributed by atoms with Crippen molar-refractivity contribution >= 4 is 0 Å². The molecule has 2 rings (SSSR count). The van der Waals surface area contributed by atoms with Crippen LogP contribution in [0.15, 0.2) is 36.7 Å². The van der Waals surface area contributed by atoms with Crippen molar-refractivity contribution in [2.75, 3.05) is 6.54 Å². The molecule has 1 aromatic heterocycles. The molecule has 0 aliphatic heterocycles. The SMILES string of the molecule is CCCC(O)CNCc1cnn(-c2ccc(F)cc2)c1. The molecule has 0 aliphatic carbocycles. The van der Waals surface area contributed by atoms with Gasteiger partial charge in [0, 0.05) is 24.8 Å². The number of halogens is 1. The number of hydrogen-bond donors (Lipinski definition) is 2. The van der Waals surface area contributed by atoms with Gasteiger partial charge in [-0.15, -0.1) is 0 Å². The summed E-state index contributed by atoms with van der Waals surface area (Å²) in [6.07, 6.45) is 5.15. The van der Waals surface area contributed by atoms with Gasteiger partial charge in [0.25, 0.3) is 0 Å². The molecule has 2 N–H and O–H groups in total. The Morgan fingerprint density at radius 3 is 2.80 bits per heavy atom. The van der Waals surface area contributed by atoms with E-state index in [2.05, 4.69) is 17.3 Å². The number of aromatic nitrogens is 2. The minimum atomic E-state index is -0.299. The van der Waals surface area contributed by atoms with Gasteiger partial charge in [0.15, 0.2) is 0 Å². The second kappa shape index (κ2) is 7.17. The first-order chi connectivity index (χ1) is 9.69. The predicted octanol–water partition coefficient (Wildman–Crippen LogP) is 2.26. The van der Waals surface area contributed by atoms with Crippen molar-refractivity contribution in [2.24, 2.45) is 0 Å². The second-order valence-electron chi connectivity index (χ2n) is 4.84. The van der Waals surface area contributed by atoms with E-state index in [0.717, 1.165) is 24.1 Å². The average molecular weight is 277 g/mol. The molecule has 0 fully saturated rings. The molecule has 20 heavy (non-hydrogen) atoms. The highest BCUT2D eigenvalue weighted by atomic mass is 19.1. The van der Waals surface area contributed by atoms with Crippen molar-refractivity contribution in [3.8, 4) is 5.69 Å². The van der Waals surface area contributed by atoms with Gasteiger partial charge in [-0.05, 0) is 30.7 Å². The number of aliphatic hydroxyl groups is 1. The Morgan fingerprint density at radius 2 is 2.10 bits per heavy atom. The first kappa shape index (κ1) is 14.7. The van der Waals surface area contributed by atoms with Crippen LogP contribution in [0.5, 0.6) is 0 Å². The lowest BCUT2D eigenvalue weighted by Gasteiger charge is -2.09. The quantitative estimate of drug-likeness (QED) is 0.816. The highest BCUT2D eigenvalue weighted by Gasteiger charge is 2.04. The lowest BCUT2D eigenvalue weighted by molar-refractivity contribution is 0.160. The van der Waals surface area contributed by atoms with Crippen LogP contribution in [-0.2, 0) is 6.54 Å². The number of aliphatic hydroxyl groups excluding tert-OH is 1. The molecule has 0 saturated carbocycles. The van der Waals surface area contributed by atoms with Crippen molar-refractivity contribution in [3.05, 3.63) is 48.0 Å². The van der Waals surface area contributed by atoms with Crippen LogP contribution in [0.2, 0.25) is 0 Å². The topological polar surface area (TPSA) is 50.1 Å². The maximum absolute atomic E-state index is 12.8. The molecule has 0 radical (unpaired) electrons. The predicted molar refractivity (Wildman–Crippen MR) is 76.1 cm³/mol. The van der Waals surface area contributed by atoms with Gasteiger partial charge in [0.2, 0.25) is 0 Å². The minimum absolute atomic E-state index is 0.257. The van der Waals surface area contributed by atoms with E-state index in [-0.39, 0.29) is 11.9 Å². The fourth-order valence-electron chi connectivity index (χ4n) is 2.00. The van der Waals surface area contributed by atoms with Crippen molar-refractivity contribution in [3.63, 3.8) is 0 Å². The Bertz CT molecular complexity index is 524. The van der Waals surface area contributed by atoms with Gasteiger partial charge in [0.05, 0.1) is 18.0 Å². The minimum Gasteiger partial charge on any atom is -0.392 e. The molecule has 2 aromatic rings. The molecule has 4 nitrogen and oxygen atoms in total. The normalized spacial score (nSPS) is 12.6. The van der Waals surface area contributed by atoms with Crippen LogP contribution < -0.4 is 5.32 Å². The van der Waals surface area contributed by atoms with Gasteiger partial charge in [-0.2, -0.15) is 5.10 Å². The van der Waals surface area contributed by atoms with Crippen molar-refractivity contribution in [1.29, 1.82) is 0 Å². The number of rotatable bonds is 7. The maximum atomic E-state index is 12.8. The van der Waals surface area contributed by atoms with E-state index in [4.69, 9.17) is 0 Å². The molecule has 0 amide bonds. The monoisotopic (exact) mass is 277 g/mol. The molecule has 1 unspecified atom stereocenters. The summed E-state index contributed by atoms with van der Waals surface area (Å²) in [7, 11) is 0. The maximum Gasteiger partial charge on any atom is 0.123 e. The third-order valence-corrected chi connectivity index (χ3v) is 3.06. The third kappa shape index (κ3) is 4.15. The van der Waals surface area contributed by atoms with E-state index in [0.29, 0.717) is 13.1 Å². The molecule has 5 heteroatoms. The highest BCUT2D eigenvalue weighted by molar-refractivity contribution is 5.31. The molecule has 0 bridgehead atoms. The zero-order valence-electron chi connectivity index (χ0n) is 11.6. The van der Waals surface area contributed by atoms with Crippen molar-refractivity contribution in [2.45, 2.75) is 32.4 Å². The summed E-state index contributed by atoms with van der Waals surface area (Å²) in [6, 6.07) is 6.20. The molecule has 0 aliphatic rings. The lowest BCUT2D eigenvalue weighted by atomic mass is 10.2. The van der Waals surface area contributed by atoms with Crippen molar-refractivity contribution in [1.82, 2.24) is 15.1 Å². The molecule has 0 spiro atoms. The summed E-state index contributed by atoms with van der Waals surface area (Å²) in [5, 5.41) is 17.1. The Kier molecular flexibility index (Phi) is 5.26. The van der Waals surface area contributed by atoms with E-state index in [1.165, 1.54) is 12.1 Å². The summed E-state index contributed by atoms with van der Waals surface area (Å²) in [4.78, 5) is 0. The standard InChI is InChI=1S/C15H20FN3O/c1-2-3-15(20)10-17-8-12-9-18-19(11-12)14-6-4-13(16)5-7-14/h4-7,9,11,15,17,20H,2-3,8,10H2,1H3. The van der Waals surface area contributed by atoms with Gasteiger partial charge in [-0.25, -0.2) is 9.07 Å². The number of hydrogen-bond acceptors (Lipinski definition) is 3. The Balaban J connectivity index is 1.87. The third-order valence-electron chi connectivity index (χ3n) is 3.06. The van der Waals surface area contributed by atoms with Crippen LogP contribution in [0, 0.1) is 5.82 Å². The molecule has 108 valence electrons. The van der Waals surface area contributed by atoms with E-state index >= 15 is 0 Å². The van der Waals surface area contributed by atoms with Gasteiger partial charge < -0.3 is 10.4 Å². The highest BCUT2D eigenvalue weighted by Crippen LogP contribution is 2.09. The van der Waals surface area contributed by atoms with Crippen LogP contribution in [0.1, 0.15) is 25.3 Å². The van der Waals surface area contributed by atoms with Gasteiger partial charge in [0.1, 0.15) is 5.82 Å². The van der Waals surface area contributed by atoms with Gasteiger partial charge in [-0.1, -0.05) is 13.3 Å². The van der Waals surface area contributed by atoms with E-state index in [1.54, 1.807) is 23.0 Å². The summed E-state index contributed by atoms with van der Waals surface area (Å²) < 4.78 is 14.6. The zero-order valence-corrected chi connectivity index (χ0v) is 11.6. The lowest BCUT2D eigenvalue weighted by Crippen LogP contribution is -2.26. The summed E-state index contributed by atoms with van der Waals surface area (Å²) in [6.45, 7) is 3.29. The van der Waals surface area contributed by atoms with Crippen LogP contribution in [0.4, 0.5) is 4.39 Å². The Morgan fingerprint density at radius 1 is 1.35 bits per heavy atom. The van der Waals surface area contributed by atoms with Crippen LogP contribution in [0.3, 0.4) is 0 Å². The molecular formula is C15H20FN3O. The van der Waals surface area contributed by atoms with Crippen molar-refractivity contribution < 1.29 is 9.50 Å². The van der Waals surface area contributed by atoms with E-state index in [1.807, 2.05) is 6.20 Å². The fourth-order valence-corrected chi connectivity index (χ4v) is 2.00. The second-order valence-corrected chi connectivity index (χ2v) is 4.84. The molecule has 1 aromatic carbocycles. The average Bonchev–Trinajstić information content (AvgIpc) is 2.89.